The van der Waals surface area contributed by atoms with Crippen molar-refractivity contribution in [2.45, 2.75) is 13.3 Å². The first-order chi connectivity index (χ1) is 13.0. The van der Waals surface area contributed by atoms with Gasteiger partial charge in [-0.25, -0.2) is 4.98 Å². The normalized spacial score (nSPS) is 13.2. The molecule has 0 bridgehead atoms. The van der Waals surface area contributed by atoms with Crippen LogP contribution in [0.25, 0.3) is 22.3 Å². The Morgan fingerprint density at radius 2 is 1.89 bits per heavy atom. The fourth-order valence-corrected chi connectivity index (χ4v) is 3.33. The number of halogens is 1. The Morgan fingerprint density at radius 1 is 1.07 bits per heavy atom. The van der Waals surface area contributed by atoms with Crippen molar-refractivity contribution >= 4 is 17.4 Å². The van der Waals surface area contributed by atoms with Crippen molar-refractivity contribution in [3.63, 3.8) is 0 Å². The van der Waals surface area contributed by atoms with Crippen molar-refractivity contribution < 1.29 is 9.18 Å². The minimum Gasteiger partial charge on any atom is -0.397 e. The Balaban J connectivity index is 1.87. The Bertz CT molecular complexity index is 1080. The van der Waals surface area contributed by atoms with Gasteiger partial charge in [0, 0.05) is 35.0 Å². The molecule has 2 aromatic heterocycles. The highest BCUT2D eigenvalue weighted by Gasteiger charge is 2.19. The molecule has 1 amide bonds. The van der Waals surface area contributed by atoms with Crippen LogP contribution in [0.3, 0.4) is 0 Å². The van der Waals surface area contributed by atoms with Gasteiger partial charge in [-0.05, 0) is 42.2 Å². The summed E-state index contributed by atoms with van der Waals surface area (Å²) in [6, 6.07) is 7.12. The predicted octanol–water partition coefficient (Wildman–Crippen LogP) is 2.71. The van der Waals surface area contributed by atoms with Crippen molar-refractivity contribution in [1.29, 1.82) is 0 Å². The predicted molar refractivity (Wildman–Crippen MR) is 102 cm³/mol. The van der Waals surface area contributed by atoms with E-state index in [1.54, 1.807) is 31.3 Å². The van der Waals surface area contributed by atoms with Gasteiger partial charge in [-0.3, -0.25) is 9.78 Å². The molecule has 5 N–H and O–H groups in total. The molecule has 3 heterocycles. The van der Waals surface area contributed by atoms with Crippen LogP contribution < -0.4 is 16.8 Å². The molecule has 1 aromatic carbocycles. The Morgan fingerprint density at radius 3 is 2.70 bits per heavy atom. The van der Waals surface area contributed by atoms with E-state index in [1.165, 1.54) is 6.20 Å². The molecule has 0 atom stereocenters. The average Bonchev–Trinajstić information content (AvgIpc) is 2.64. The van der Waals surface area contributed by atoms with Gasteiger partial charge in [0.15, 0.2) is 0 Å². The van der Waals surface area contributed by atoms with Crippen molar-refractivity contribution in [1.82, 2.24) is 15.3 Å². The van der Waals surface area contributed by atoms with Gasteiger partial charge in [0.1, 0.15) is 5.82 Å². The zero-order valence-electron chi connectivity index (χ0n) is 14.7. The zero-order valence-corrected chi connectivity index (χ0v) is 14.7. The number of carbonyl (C=O) groups is 1. The van der Waals surface area contributed by atoms with Crippen LogP contribution >= 0.6 is 0 Å². The van der Waals surface area contributed by atoms with E-state index in [2.05, 4.69) is 15.3 Å². The molecule has 136 valence electrons. The number of nitrogens with one attached hydrogen (secondary N) is 1. The summed E-state index contributed by atoms with van der Waals surface area (Å²) in [7, 11) is 0. The molecule has 0 unspecified atom stereocenters. The third kappa shape index (κ3) is 2.87. The second-order valence-electron chi connectivity index (χ2n) is 6.54. The third-order valence-corrected chi connectivity index (χ3v) is 4.89. The molecule has 7 heteroatoms. The molecule has 0 saturated heterocycles. The molecule has 0 radical (unpaired) electrons. The van der Waals surface area contributed by atoms with E-state index in [-0.39, 0.29) is 17.3 Å². The Labute approximate surface area is 155 Å². The van der Waals surface area contributed by atoms with Crippen LogP contribution in [-0.4, -0.2) is 22.4 Å². The van der Waals surface area contributed by atoms with Crippen molar-refractivity contribution in [3.05, 3.63) is 59.3 Å². The van der Waals surface area contributed by atoms with Crippen LogP contribution in [0, 0.1) is 12.9 Å². The molecular formula is C20H18FN5O. The molecular weight excluding hydrogens is 345 g/mol. The van der Waals surface area contributed by atoms with Gasteiger partial charge in [0.25, 0.3) is 5.91 Å². The van der Waals surface area contributed by atoms with Crippen LogP contribution in [0.4, 0.5) is 15.9 Å². The molecule has 0 spiro atoms. The van der Waals surface area contributed by atoms with Crippen LogP contribution in [0.2, 0.25) is 0 Å². The highest BCUT2D eigenvalue weighted by atomic mass is 19.1. The lowest BCUT2D eigenvalue weighted by atomic mass is 9.93. The van der Waals surface area contributed by atoms with Crippen LogP contribution in [-0.2, 0) is 6.42 Å². The lowest BCUT2D eigenvalue weighted by molar-refractivity contribution is 0.0946. The number of hydrogen-bond acceptors (Lipinski definition) is 5. The number of nitrogens with zero attached hydrogens (tertiary/aromatic N) is 2. The summed E-state index contributed by atoms with van der Waals surface area (Å²) in [6.07, 6.45) is 3.81. The largest absolute Gasteiger partial charge is 0.397 e. The molecule has 0 saturated carbocycles. The third-order valence-electron chi connectivity index (χ3n) is 4.89. The number of carbonyl (C=O) groups excluding carboxylic acids is 1. The minimum absolute atomic E-state index is 0.0878. The first-order valence-corrected chi connectivity index (χ1v) is 8.53. The van der Waals surface area contributed by atoms with E-state index in [1.807, 2.05) is 6.07 Å². The smallest absolute Gasteiger partial charge is 0.251 e. The van der Waals surface area contributed by atoms with Gasteiger partial charge < -0.3 is 16.8 Å². The maximum atomic E-state index is 14.6. The fraction of sp³-hybridized carbons (Fsp3) is 0.150. The molecule has 27 heavy (non-hydrogen) atoms. The monoisotopic (exact) mass is 363 g/mol. The summed E-state index contributed by atoms with van der Waals surface area (Å²) < 4.78 is 14.6. The summed E-state index contributed by atoms with van der Waals surface area (Å²) >= 11 is 0. The lowest BCUT2D eigenvalue weighted by Gasteiger charge is -2.18. The van der Waals surface area contributed by atoms with Crippen LogP contribution in [0.1, 0.15) is 21.5 Å². The number of fused-ring (bicyclic) bond motifs is 1. The SMILES string of the molecule is Cc1c(N)cncc1-c1cc(-c2ccc3c(c2)CCNC3=O)c(N)nc1F. The second-order valence-corrected chi connectivity index (χ2v) is 6.54. The molecule has 6 nitrogen and oxygen atoms in total. The number of aromatic nitrogens is 2. The quantitative estimate of drug-likeness (QED) is 0.607. The summed E-state index contributed by atoms with van der Waals surface area (Å²) in [5, 5.41) is 2.81. The van der Waals surface area contributed by atoms with E-state index in [0.29, 0.717) is 28.9 Å². The van der Waals surface area contributed by atoms with E-state index < -0.39 is 5.95 Å². The van der Waals surface area contributed by atoms with Crippen molar-refractivity contribution in [2.24, 2.45) is 0 Å². The molecule has 0 aliphatic carbocycles. The van der Waals surface area contributed by atoms with E-state index >= 15 is 0 Å². The van der Waals surface area contributed by atoms with Crippen molar-refractivity contribution in [3.8, 4) is 22.3 Å². The number of hydrogen-bond donors (Lipinski definition) is 3. The standard InChI is InChI=1S/C20H18FN5O/c1-10-16(8-24-9-17(10)22)15-7-14(19(23)26-18(15)21)11-2-3-13-12(6-11)4-5-25-20(13)27/h2-3,6-9H,4-5,22H2,1H3,(H2,23,26)(H,25,27). The van der Waals surface area contributed by atoms with Crippen LogP contribution in [0.5, 0.6) is 0 Å². The van der Waals surface area contributed by atoms with Crippen molar-refractivity contribution in [2.75, 3.05) is 18.0 Å². The maximum absolute atomic E-state index is 14.6. The second kappa shape index (κ2) is 6.35. The Hall–Kier alpha value is -3.48. The zero-order chi connectivity index (χ0) is 19.1. The van der Waals surface area contributed by atoms with Gasteiger partial charge in [-0.15, -0.1) is 0 Å². The highest BCUT2D eigenvalue weighted by molar-refractivity contribution is 5.97. The fourth-order valence-electron chi connectivity index (χ4n) is 3.33. The highest BCUT2D eigenvalue weighted by Crippen LogP contribution is 2.34. The molecule has 1 aliphatic heterocycles. The lowest BCUT2D eigenvalue weighted by Crippen LogP contribution is -2.31. The number of pyridine rings is 2. The number of benzene rings is 1. The molecule has 3 aromatic rings. The summed E-state index contributed by atoms with van der Waals surface area (Å²) in [5.74, 6) is -0.676. The van der Waals surface area contributed by atoms with Gasteiger partial charge in [-0.1, -0.05) is 12.1 Å². The molecule has 0 fully saturated rings. The first kappa shape index (κ1) is 17.0. The maximum Gasteiger partial charge on any atom is 0.251 e. The number of nitrogen functional groups attached to an aromatic ring is 2. The van der Waals surface area contributed by atoms with Gasteiger partial charge in [0.05, 0.1) is 11.9 Å². The van der Waals surface area contributed by atoms with E-state index in [0.717, 1.165) is 23.1 Å². The average molecular weight is 363 g/mol. The van der Waals surface area contributed by atoms with E-state index in [4.69, 9.17) is 11.5 Å². The Kier molecular flexibility index (Phi) is 3.99. The first-order valence-electron chi connectivity index (χ1n) is 8.53. The van der Waals surface area contributed by atoms with E-state index in [9.17, 15) is 9.18 Å². The summed E-state index contributed by atoms with van der Waals surface area (Å²) in [4.78, 5) is 19.9. The van der Waals surface area contributed by atoms with Gasteiger partial charge >= 0.3 is 0 Å². The number of nitrogens with two attached hydrogens (primary N) is 2. The number of rotatable bonds is 2. The van der Waals surface area contributed by atoms with Gasteiger partial charge in [0.2, 0.25) is 5.95 Å². The number of anilines is 2. The summed E-state index contributed by atoms with van der Waals surface area (Å²) in [6.45, 7) is 2.39. The topological polar surface area (TPSA) is 107 Å². The minimum atomic E-state index is -0.677. The summed E-state index contributed by atoms with van der Waals surface area (Å²) in [5.41, 5.74) is 16.9. The van der Waals surface area contributed by atoms with Crippen LogP contribution in [0.15, 0.2) is 36.7 Å². The molecule has 4 rings (SSSR count). The molecule has 1 aliphatic rings. The van der Waals surface area contributed by atoms with Gasteiger partial charge in [-0.2, -0.15) is 4.39 Å². The number of amides is 1.